The number of rotatable bonds is 5. The van der Waals surface area contributed by atoms with Crippen molar-refractivity contribution in [2.75, 3.05) is 5.75 Å². The monoisotopic (exact) mass is 216 g/mol. The highest BCUT2D eigenvalue weighted by Gasteiger charge is 2.32. The Labute approximate surface area is 90.5 Å². The van der Waals surface area contributed by atoms with Crippen LogP contribution in [0.1, 0.15) is 39.5 Å². The fraction of sp³-hybridized carbons (Fsp3) is 0.909. The second kappa shape index (κ2) is 5.64. The summed E-state index contributed by atoms with van der Waals surface area (Å²) in [5, 5.41) is 9.36. The minimum Gasteiger partial charge on any atom is -0.481 e. The lowest BCUT2D eigenvalue weighted by Crippen LogP contribution is -2.20. The van der Waals surface area contributed by atoms with E-state index in [9.17, 15) is 4.79 Å². The molecular weight excluding hydrogens is 196 g/mol. The number of carboxylic acids is 1. The van der Waals surface area contributed by atoms with Crippen LogP contribution in [0.3, 0.4) is 0 Å². The van der Waals surface area contributed by atoms with Crippen molar-refractivity contribution < 1.29 is 9.90 Å². The number of carboxylic acid groups (broad SMARTS) is 1. The molecular formula is C11H20O2S. The summed E-state index contributed by atoms with van der Waals surface area (Å²) in [4.78, 5) is 10.9. The first kappa shape index (κ1) is 11.9. The van der Waals surface area contributed by atoms with Crippen molar-refractivity contribution in [2.45, 2.75) is 44.8 Å². The third-order valence-corrected chi connectivity index (χ3v) is 4.26. The van der Waals surface area contributed by atoms with Gasteiger partial charge in [0.05, 0.1) is 5.92 Å². The predicted octanol–water partition coefficient (Wildman–Crippen LogP) is 3.02. The van der Waals surface area contributed by atoms with E-state index < -0.39 is 5.97 Å². The van der Waals surface area contributed by atoms with Crippen LogP contribution in [0.4, 0.5) is 0 Å². The van der Waals surface area contributed by atoms with Crippen LogP contribution in [-0.2, 0) is 4.79 Å². The molecule has 1 saturated carbocycles. The van der Waals surface area contributed by atoms with E-state index in [4.69, 9.17) is 5.11 Å². The van der Waals surface area contributed by atoms with Gasteiger partial charge >= 0.3 is 5.97 Å². The summed E-state index contributed by atoms with van der Waals surface area (Å²) in [7, 11) is 0. The Bertz CT molecular complexity index is 192. The van der Waals surface area contributed by atoms with E-state index >= 15 is 0 Å². The number of carbonyl (C=O) groups is 1. The minimum absolute atomic E-state index is 0.0767. The van der Waals surface area contributed by atoms with Gasteiger partial charge in [-0.05, 0) is 30.9 Å². The molecule has 0 heterocycles. The number of hydrogen-bond acceptors (Lipinski definition) is 2. The maximum atomic E-state index is 10.9. The van der Waals surface area contributed by atoms with Crippen LogP contribution in [0.2, 0.25) is 0 Å². The van der Waals surface area contributed by atoms with Gasteiger partial charge in [0.1, 0.15) is 0 Å². The summed E-state index contributed by atoms with van der Waals surface area (Å²) < 4.78 is 0. The Kier molecular flexibility index (Phi) is 4.79. The lowest BCUT2D eigenvalue weighted by molar-refractivity contribution is -0.141. The van der Waals surface area contributed by atoms with Crippen LogP contribution < -0.4 is 0 Å². The predicted molar refractivity (Wildman–Crippen MR) is 60.7 cm³/mol. The highest BCUT2D eigenvalue weighted by Crippen LogP contribution is 2.35. The summed E-state index contributed by atoms with van der Waals surface area (Å²) >= 11 is 1.87. The van der Waals surface area contributed by atoms with Gasteiger partial charge in [-0.3, -0.25) is 4.79 Å². The molecule has 2 nitrogen and oxygen atoms in total. The molecule has 0 aromatic heterocycles. The van der Waals surface area contributed by atoms with Crippen molar-refractivity contribution in [3.05, 3.63) is 0 Å². The summed E-state index contributed by atoms with van der Waals surface area (Å²) in [6, 6.07) is 0. The van der Waals surface area contributed by atoms with Crippen LogP contribution in [0.5, 0.6) is 0 Å². The van der Waals surface area contributed by atoms with Crippen LogP contribution in [0.15, 0.2) is 0 Å². The smallest absolute Gasteiger partial charge is 0.307 e. The quantitative estimate of drug-likeness (QED) is 0.767. The van der Waals surface area contributed by atoms with Gasteiger partial charge in [-0.2, -0.15) is 11.8 Å². The molecule has 0 amide bonds. The average molecular weight is 216 g/mol. The van der Waals surface area contributed by atoms with E-state index in [0.29, 0.717) is 5.25 Å². The molecule has 0 aliphatic heterocycles. The SMILES string of the molecule is CC(C)CCSC1CCCC1C(=O)O. The Morgan fingerprint density at radius 3 is 2.79 bits per heavy atom. The minimum atomic E-state index is -0.593. The highest BCUT2D eigenvalue weighted by atomic mass is 32.2. The Hall–Kier alpha value is -0.180. The normalized spacial score (nSPS) is 27.1. The molecule has 1 aliphatic carbocycles. The molecule has 1 aliphatic rings. The molecule has 0 saturated heterocycles. The maximum absolute atomic E-state index is 10.9. The van der Waals surface area contributed by atoms with Gasteiger partial charge in [-0.15, -0.1) is 0 Å². The zero-order valence-electron chi connectivity index (χ0n) is 9.03. The fourth-order valence-electron chi connectivity index (χ4n) is 1.86. The largest absolute Gasteiger partial charge is 0.481 e. The van der Waals surface area contributed by atoms with Gasteiger partial charge in [0, 0.05) is 5.25 Å². The molecule has 0 radical (unpaired) electrons. The molecule has 0 bridgehead atoms. The number of thioether (sulfide) groups is 1. The number of hydrogen-bond donors (Lipinski definition) is 1. The number of aliphatic carboxylic acids is 1. The van der Waals surface area contributed by atoms with Crippen molar-refractivity contribution >= 4 is 17.7 Å². The molecule has 1 fully saturated rings. The molecule has 3 heteroatoms. The standard InChI is InChI=1S/C11H20O2S/c1-8(2)6-7-14-10-5-3-4-9(10)11(12)13/h8-10H,3-7H2,1-2H3,(H,12,13). The van der Waals surface area contributed by atoms with Gasteiger partial charge in [-0.25, -0.2) is 0 Å². The molecule has 0 spiro atoms. The van der Waals surface area contributed by atoms with Gasteiger partial charge in [0.15, 0.2) is 0 Å². The second-order valence-electron chi connectivity index (χ2n) is 4.47. The third-order valence-electron chi connectivity index (χ3n) is 2.80. The van der Waals surface area contributed by atoms with Crippen LogP contribution in [0, 0.1) is 11.8 Å². The van der Waals surface area contributed by atoms with Crippen molar-refractivity contribution in [3.8, 4) is 0 Å². The van der Waals surface area contributed by atoms with E-state index in [2.05, 4.69) is 13.8 Å². The topological polar surface area (TPSA) is 37.3 Å². The van der Waals surface area contributed by atoms with E-state index in [1.807, 2.05) is 11.8 Å². The maximum Gasteiger partial charge on any atom is 0.307 e. The van der Waals surface area contributed by atoms with Crippen LogP contribution >= 0.6 is 11.8 Å². The van der Waals surface area contributed by atoms with Crippen molar-refractivity contribution in [1.29, 1.82) is 0 Å². The van der Waals surface area contributed by atoms with Crippen LogP contribution in [0.25, 0.3) is 0 Å². The lowest BCUT2D eigenvalue weighted by atomic mass is 10.1. The van der Waals surface area contributed by atoms with Gasteiger partial charge in [0.2, 0.25) is 0 Å². The first-order valence-corrected chi connectivity index (χ1v) is 6.50. The third kappa shape index (κ3) is 3.52. The summed E-state index contributed by atoms with van der Waals surface area (Å²) in [6.07, 6.45) is 4.28. The van der Waals surface area contributed by atoms with E-state index in [0.717, 1.165) is 30.9 Å². The Balaban J connectivity index is 2.26. The zero-order chi connectivity index (χ0) is 10.6. The molecule has 2 atom stereocenters. The van der Waals surface area contributed by atoms with Crippen molar-refractivity contribution in [3.63, 3.8) is 0 Å². The second-order valence-corrected chi connectivity index (χ2v) is 5.81. The summed E-state index contributed by atoms with van der Waals surface area (Å²) in [6.45, 7) is 4.42. The zero-order valence-corrected chi connectivity index (χ0v) is 9.85. The summed E-state index contributed by atoms with van der Waals surface area (Å²) in [5.74, 6) is 1.18. The Morgan fingerprint density at radius 2 is 2.21 bits per heavy atom. The van der Waals surface area contributed by atoms with E-state index in [-0.39, 0.29) is 5.92 Å². The molecule has 0 aromatic rings. The molecule has 14 heavy (non-hydrogen) atoms. The van der Waals surface area contributed by atoms with Crippen molar-refractivity contribution in [1.82, 2.24) is 0 Å². The van der Waals surface area contributed by atoms with Crippen LogP contribution in [-0.4, -0.2) is 22.1 Å². The van der Waals surface area contributed by atoms with E-state index in [1.54, 1.807) is 0 Å². The summed E-state index contributed by atoms with van der Waals surface area (Å²) in [5.41, 5.74) is 0. The van der Waals surface area contributed by atoms with E-state index in [1.165, 1.54) is 6.42 Å². The first-order chi connectivity index (χ1) is 6.61. The lowest BCUT2D eigenvalue weighted by Gasteiger charge is -2.15. The molecule has 0 aromatic carbocycles. The van der Waals surface area contributed by atoms with Crippen molar-refractivity contribution in [2.24, 2.45) is 11.8 Å². The molecule has 1 rings (SSSR count). The molecule has 2 unspecified atom stereocenters. The highest BCUT2D eigenvalue weighted by molar-refractivity contribution is 7.99. The van der Waals surface area contributed by atoms with Gasteiger partial charge in [0.25, 0.3) is 0 Å². The fourth-order valence-corrected chi connectivity index (χ4v) is 3.59. The van der Waals surface area contributed by atoms with Gasteiger partial charge in [-0.1, -0.05) is 20.3 Å². The average Bonchev–Trinajstić information content (AvgIpc) is 2.51. The first-order valence-electron chi connectivity index (χ1n) is 5.45. The van der Waals surface area contributed by atoms with Gasteiger partial charge < -0.3 is 5.11 Å². The molecule has 1 N–H and O–H groups in total. The Morgan fingerprint density at radius 1 is 1.50 bits per heavy atom. The molecule has 82 valence electrons.